The largest absolute Gasteiger partial charge is 0.457 e. The van der Waals surface area contributed by atoms with Gasteiger partial charge < -0.3 is 19.1 Å². The summed E-state index contributed by atoms with van der Waals surface area (Å²) in [4.78, 5) is 29.1. The summed E-state index contributed by atoms with van der Waals surface area (Å²) in [7, 11) is 1.88. The molecule has 0 spiro atoms. The Morgan fingerprint density at radius 3 is 2.71 bits per heavy atom. The molecule has 34 heavy (non-hydrogen) atoms. The van der Waals surface area contributed by atoms with Crippen LogP contribution in [0.1, 0.15) is 63.3 Å². The number of aryl methyl sites for hydroxylation is 1. The van der Waals surface area contributed by atoms with Crippen molar-refractivity contribution >= 4 is 18.0 Å². The van der Waals surface area contributed by atoms with Crippen LogP contribution in [0.4, 0.5) is 0 Å². The fourth-order valence-corrected chi connectivity index (χ4v) is 3.99. The lowest BCUT2D eigenvalue weighted by Gasteiger charge is -2.23. The minimum absolute atomic E-state index is 0.0143. The Kier molecular flexibility index (Phi) is 8.61. The number of aromatic nitrogens is 2. The Balaban J connectivity index is 1.63. The van der Waals surface area contributed by atoms with Gasteiger partial charge in [-0.1, -0.05) is 42.4 Å². The van der Waals surface area contributed by atoms with E-state index in [1.54, 1.807) is 0 Å². The van der Waals surface area contributed by atoms with Crippen molar-refractivity contribution in [2.75, 3.05) is 6.61 Å². The molecule has 2 aromatic rings. The first-order valence-corrected chi connectivity index (χ1v) is 11.7. The minimum Gasteiger partial charge on any atom is -0.457 e. The van der Waals surface area contributed by atoms with Crippen LogP contribution in [-0.4, -0.2) is 46.1 Å². The fraction of sp³-hybridized carbons (Fsp3) is 0.538. The summed E-state index contributed by atoms with van der Waals surface area (Å²) in [6.07, 6.45) is 3.35. The third-order valence-corrected chi connectivity index (χ3v) is 5.91. The van der Waals surface area contributed by atoms with Crippen LogP contribution in [0.2, 0.25) is 0 Å². The molecule has 8 heteroatoms. The number of nitrogens with zero attached hydrogens (tertiary/aromatic N) is 3. The van der Waals surface area contributed by atoms with E-state index in [1.807, 2.05) is 69.0 Å². The van der Waals surface area contributed by atoms with E-state index in [2.05, 4.69) is 17.2 Å². The van der Waals surface area contributed by atoms with Gasteiger partial charge in [0, 0.05) is 32.0 Å². The standard InChI is InChI=1S/C26H35N3O5/c1-18(20(11-12-30)17-32-16-19-9-7-6-8-10-19)22-15-27-29(5)23(22)13-21-14-24(34-28-21)25(31)33-26(2,3)4/h6-10,12,15,18,20,24H,11,13-14,16-17H2,1-5H3/t18-,20?,24?/m1/s1. The number of carbonyl (C=O) groups is 2. The maximum atomic E-state index is 12.3. The molecule has 3 rings (SSSR count). The van der Waals surface area contributed by atoms with Crippen molar-refractivity contribution < 1.29 is 23.9 Å². The number of ether oxygens (including phenoxy) is 2. The zero-order chi connectivity index (χ0) is 24.7. The summed E-state index contributed by atoms with van der Waals surface area (Å²) < 4.78 is 13.2. The third-order valence-electron chi connectivity index (χ3n) is 5.91. The lowest BCUT2D eigenvalue weighted by Crippen LogP contribution is -2.32. The minimum atomic E-state index is -0.725. The van der Waals surface area contributed by atoms with E-state index in [4.69, 9.17) is 14.3 Å². The number of hydrogen-bond acceptors (Lipinski definition) is 7. The molecule has 0 amide bonds. The summed E-state index contributed by atoms with van der Waals surface area (Å²) in [5.41, 5.74) is 3.31. The second-order valence-electron chi connectivity index (χ2n) is 9.79. The first-order chi connectivity index (χ1) is 16.2. The fourth-order valence-electron chi connectivity index (χ4n) is 3.99. The Hall–Kier alpha value is -3.00. The van der Waals surface area contributed by atoms with Crippen molar-refractivity contribution in [2.45, 2.75) is 71.2 Å². The van der Waals surface area contributed by atoms with Crippen molar-refractivity contribution in [1.82, 2.24) is 9.78 Å². The van der Waals surface area contributed by atoms with Gasteiger partial charge in [0.1, 0.15) is 11.9 Å². The molecule has 0 N–H and O–H groups in total. The monoisotopic (exact) mass is 469 g/mol. The second kappa shape index (κ2) is 11.4. The number of esters is 1. The van der Waals surface area contributed by atoms with Crippen LogP contribution in [0.5, 0.6) is 0 Å². The van der Waals surface area contributed by atoms with E-state index < -0.39 is 17.7 Å². The molecule has 8 nitrogen and oxygen atoms in total. The highest BCUT2D eigenvalue weighted by atomic mass is 16.7. The van der Waals surface area contributed by atoms with Crippen molar-refractivity contribution in [2.24, 2.45) is 18.1 Å². The Labute approximate surface area is 201 Å². The average Bonchev–Trinajstić information content (AvgIpc) is 3.40. The van der Waals surface area contributed by atoms with Crippen molar-refractivity contribution in [1.29, 1.82) is 0 Å². The maximum Gasteiger partial charge on any atom is 0.351 e. The third kappa shape index (κ3) is 7.00. The topological polar surface area (TPSA) is 92.0 Å². The van der Waals surface area contributed by atoms with Gasteiger partial charge in [0.25, 0.3) is 0 Å². The molecule has 184 valence electrons. The first-order valence-electron chi connectivity index (χ1n) is 11.7. The molecular formula is C26H35N3O5. The average molecular weight is 470 g/mol. The van der Waals surface area contributed by atoms with Crippen LogP contribution in [0.3, 0.4) is 0 Å². The zero-order valence-corrected chi connectivity index (χ0v) is 20.7. The lowest BCUT2D eigenvalue weighted by molar-refractivity contribution is -0.166. The molecule has 2 heterocycles. The number of aldehydes is 1. The predicted octanol–water partition coefficient (Wildman–Crippen LogP) is 3.97. The summed E-state index contributed by atoms with van der Waals surface area (Å²) in [6, 6.07) is 9.97. The van der Waals surface area contributed by atoms with E-state index >= 15 is 0 Å². The molecule has 0 saturated heterocycles. The van der Waals surface area contributed by atoms with E-state index in [0.717, 1.165) is 28.8 Å². The molecule has 3 atom stereocenters. The summed E-state index contributed by atoms with van der Waals surface area (Å²) in [5.74, 6) is -0.346. The molecule has 1 aliphatic heterocycles. The highest BCUT2D eigenvalue weighted by Gasteiger charge is 2.33. The van der Waals surface area contributed by atoms with Gasteiger partial charge in [0.05, 0.1) is 25.1 Å². The number of carbonyl (C=O) groups excluding carboxylic acids is 2. The highest BCUT2D eigenvalue weighted by Crippen LogP contribution is 2.30. The summed E-state index contributed by atoms with van der Waals surface area (Å²) >= 11 is 0. The molecule has 0 aliphatic carbocycles. The second-order valence-corrected chi connectivity index (χ2v) is 9.79. The van der Waals surface area contributed by atoms with Crippen molar-refractivity contribution in [3.63, 3.8) is 0 Å². The van der Waals surface area contributed by atoms with Gasteiger partial charge in [-0.3, -0.25) is 4.68 Å². The van der Waals surface area contributed by atoms with Crippen molar-refractivity contribution in [3.05, 3.63) is 53.3 Å². The quantitative estimate of drug-likeness (QED) is 0.365. The van der Waals surface area contributed by atoms with Crippen LogP contribution in [0.15, 0.2) is 41.7 Å². The van der Waals surface area contributed by atoms with Gasteiger partial charge in [-0.2, -0.15) is 5.10 Å². The summed E-state index contributed by atoms with van der Waals surface area (Å²) in [5, 5.41) is 8.60. The van der Waals surface area contributed by atoms with Gasteiger partial charge in [-0.25, -0.2) is 4.79 Å². The molecular weight excluding hydrogens is 434 g/mol. The molecule has 1 aliphatic rings. The van der Waals surface area contributed by atoms with E-state index in [1.165, 1.54) is 0 Å². The number of oxime groups is 1. The van der Waals surface area contributed by atoms with Gasteiger partial charge >= 0.3 is 5.97 Å². The van der Waals surface area contributed by atoms with Crippen LogP contribution < -0.4 is 0 Å². The highest BCUT2D eigenvalue weighted by molar-refractivity contribution is 5.92. The van der Waals surface area contributed by atoms with Crippen LogP contribution in [-0.2, 0) is 44.0 Å². The molecule has 0 saturated carbocycles. The van der Waals surface area contributed by atoms with E-state index in [-0.39, 0.29) is 11.8 Å². The Bertz CT molecular complexity index is 994. The molecule has 1 aromatic heterocycles. The van der Waals surface area contributed by atoms with Gasteiger partial charge in [-0.05, 0) is 43.7 Å². The molecule has 0 fully saturated rings. The number of hydrogen-bond donors (Lipinski definition) is 0. The summed E-state index contributed by atoms with van der Waals surface area (Å²) in [6.45, 7) is 8.53. The Morgan fingerprint density at radius 1 is 1.29 bits per heavy atom. The van der Waals surface area contributed by atoms with Gasteiger partial charge in [-0.15, -0.1) is 0 Å². The molecule has 0 bridgehead atoms. The normalized spacial score (nSPS) is 17.6. The molecule has 1 aromatic carbocycles. The molecule has 2 unspecified atom stereocenters. The van der Waals surface area contributed by atoms with Crippen LogP contribution in [0, 0.1) is 5.92 Å². The predicted molar refractivity (Wildman–Crippen MR) is 128 cm³/mol. The first kappa shape index (κ1) is 25.6. The maximum absolute atomic E-state index is 12.3. The van der Waals surface area contributed by atoms with Crippen LogP contribution in [0.25, 0.3) is 0 Å². The van der Waals surface area contributed by atoms with Gasteiger partial charge in [0.2, 0.25) is 6.10 Å². The lowest BCUT2D eigenvalue weighted by atomic mass is 9.85. The zero-order valence-electron chi connectivity index (χ0n) is 20.7. The number of rotatable bonds is 11. The SMILES string of the molecule is C[C@@H](c1cnn(C)c1CC1=NOC(C(=O)OC(C)(C)C)C1)C(CC=O)COCc1ccccc1. The Morgan fingerprint density at radius 2 is 2.03 bits per heavy atom. The smallest absolute Gasteiger partial charge is 0.351 e. The van der Waals surface area contributed by atoms with E-state index in [0.29, 0.717) is 32.5 Å². The van der Waals surface area contributed by atoms with Crippen molar-refractivity contribution in [3.8, 4) is 0 Å². The number of benzene rings is 1. The molecule has 0 radical (unpaired) electrons. The van der Waals surface area contributed by atoms with Crippen LogP contribution >= 0.6 is 0 Å². The van der Waals surface area contributed by atoms with E-state index in [9.17, 15) is 9.59 Å². The van der Waals surface area contributed by atoms with Gasteiger partial charge in [0.15, 0.2) is 0 Å².